The van der Waals surface area contributed by atoms with Crippen LogP contribution in [0.25, 0.3) is 11.5 Å². The third-order valence-corrected chi connectivity index (χ3v) is 6.16. The molecule has 0 saturated carbocycles. The number of carbonyl (C=O) groups excluding carboxylic acids is 1. The standard InChI is InChI=1S/C21H16N4O4S2/c1-13(26)25(16-5-3-2-4-6-16)20-22-15(10-30-20)11-31-21-24-23-19(29-21)14-7-8-17-18(9-14)28-12-27-17/h2-10H,11-12H2,1H3. The second kappa shape index (κ2) is 8.40. The normalized spacial score (nSPS) is 12.2. The summed E-state index contributed by atoms with van der Waals surface area (Å²) in [5.74, 6) is 2.22. The Morgan fingerprint density at radius 3 is 2.81 bits per heavy atom. The zero-order valence-electron chi connectivity index (χ0n) is 16.3. The topological polar surface area (TPSA) is 90.6 Å². The Kier molecular flexibility index (Phi) is 5.31. The number of rotatable bonds is 6. The number of amides is 1. The van der Waals surface area contributed by atoms with Crippen molar-refractivity contribution in [1.82, 2.24) is 15.2 Å². The molecular formula is C21H16N4O4S2. The molecular weight excluding hydrogens is 436 g/mol. The first-order chi connectivity index (χ1) is 15.2. The summed E-state index contributed by atoms with van der Waals surface area (Å²) in [6.45, 7) is 1.74. The third kappa shape index (κ3) is 4.12. The zero-order valence-corrected chi connectivity index (χ0v) is 18.0. The molecule has 2 aromatic heterocycles. The summed E-state index contributed by atoms with van der Waals surface area (Å²) in [6.07, 6.45) is 0. The van der Waals surface area contributed by atoms with Gasteiger partial charge in [0.25, 0.3) is 5.22 Å². The highest BCUT2D eigenvalue weighted by atomic mass is 32.2. The molecule has 156 valence electrons. The van der Waals surface area contributed by atoms with Crippen LogP contribution < -0.4 is 14.4 Å². The molecule has 0 saturated heterocycles. The lowest BCUT2D eigenvalue weighted by Crippen LogP contribution is -2.22. The summed E-state index contributed by atoms with van der Waals surface area (Å²) in [7, 11) is 0. The van der Waals surface area contributed by atoms with Gasteiger partial charge in [0.2, 0.25) is 18.6 Å². The van der Waals surface area contributed by atoms with Crippen LogP contribution in [0.1, 0.15) is 12.6 Å². The minimum atomic E-state index is -0.0926. The maximum atomic E-state index is 12.2. The molecule has 0 N–H and O–H groups in total. The van der Waals surface area contributed by atoms with Crippen molar-refractivity contribution in [3.63, 3.8) is 0 Å². The first-order valence-electron chi connectivity index (χ1n) is 9.34. The number of fused-ring (bicyclic) bond motifs is 1. The van der Waals surface area contributed by atoms with Gasteiger partial charge in [-0.25, -0.2) is 4.98 Å². The zero-order chi connectivity index (χ0) is 21.2. The fourth-order valence-corrected chi connectivity index (χ4v) is 4.67. The van der Waals surface area contributed by atoms with Crippen molar-refractivity contribution in [3.8, 4) is 23.0 Å². The van der Waals surface area contributed by atoms with E-state index in [0.29, 0.717) is 33.5 Å². The van der Waals surface area contributed by atoms with Gasteiger partial charge in [0.15, 0.2) is 16.6 Å². The quantitative estimate of drug-likeness (QED) is 0.382. The first kappa shape index (κ1) is 19.6. The summed E-state index contributed by atoms with van der Waals surface area (Å²) < 4.78 is 16.5. The van der Waals surface area contributed by atoms with E-state index in [9.17, 15) is 4.79 Å². The molecule has 1 aliphatic heterocycles. The Morgan fingerprint density at radius 1 is 1.13 bits per heavy atom. The predicted molar refractivity (Wildman–Crippen MR) is 117 cm³/mol. The van der Waals surface area contributed by atoms with Crippen LogP contribution in [0.5, 0.6) is 11.5 Å². The number of anilines is 2. The van der Waals surface area contributed by atoms with Crippen molar-refractivity contribution < 1.29 is 18.7 Å². The van der Waals surface area contributed by atoms with Gasteiger partial charge in [0, 0.05) is 23.6 Å². The van der Waals surface area contributed by atoms with E-state index in [-0.39, 0.29) is 12.7 Å². The fraction of sp³-hybridized carbons (Fsp3) is 0.143. The van der Waals surface area contributed by atoms with E-state index in [2.05, 4.69) is 15.2 Å². The summed E-state index contributed by atoms with van der Waals surface area (Å²) in [5, 5.41) is 11.2. The molecule has 0 atom stereocenters. The van der Waals surface area contributed by atoms with Crippen molar-refractivity contribution in [1.29, 1.82) is 0 Å². The number of thiazole rings is 1. The van der Waals surface area contributed by atoms with Crippen LogP contribution in [-0.4, -0.2) is 27.9 Å². The van der Waals surface area contributed by atoms with Crippen molar-refractivity contribution in [2.24, 2.45) is 0 Å². The van der Waals surface area contributed by atoms with E-state index < -0.39 is 0 Å². The van der Waals surface area contributed by atoms with Crippen molar-refractivity contribution in [2.45, 2.75) is 17.9 Å². The number of benzene rings is 2. The van der Waals surface area contributed by atoms with Gasteiger partial charge >= 0.3 is 0 Å². The average Bonchev–Trinajstić information content (AvgIpc) is 3.53. The lowest BCUT2D eigenvalue weighted by Gasteiger charge is -2.17. The van der Waals surface area contributed by atoms with E-state index in [1.54, 1.807) is 4.90 Å². The molecule has 10 heteroatoms. The van der Waals surface area contributed by atoms with Gasteiger partial charge in [0.05, 0.1) is 11.4 Å². The molecule has 31 heavy (non-hydrogen) atoms. The van der Waals surface area contributed by atoms with Gasteiger partial charge in [-0.05, 0) is 30.3 Å². The smallest absolute Gasteiger partial charge is 0.277 e. The van der Waals surface area contributed by atoms with Gasteiger partial charge in [-0.3, -0.25) is 9.69 Å². The van der Waals surface area contributed by atoms with E-state index in [1.165, 1.54) is 30.0 Å². The van der Waals surface area contributed by atoms with E-state index in [1.807, 2.05) is 53.9 Å². The fourth-order valence-electron chi connectivity index (χ4n) is 3.02. The molecule has 4 aromatic rings. The molecule has 8 nitrogen and oxygen atoms in total. The number of para-hydroxylation sites is 1. The number of hydrogen-bond acceptors (Lipinski definition) is 9. The number of hydrogen-bond donors (Lipinski definition) is 0. The molecule has 0 spiro atoms. The Labute approximate surface area is 185 Å². The summed E-state index contributed by atoms with van der Waals surface area (Å²) >= 11 is 2.81. The Morgan fingerprint density at radius 2 is 1.97 bits per heavy atom. The van der Waals surface area contributed by atoms with Crippen LogP contribution in [-0.2, 0) is 10.5 Å². The highest BCUT2D eigenvalue weighted by molar-refractivity contribution is 7.98. The molecule has 0 bridgehead atoms. The van der Waals surface area contributed by atoms with Gasteiger partial charge in [-0.1, -0.05) is 30.0 Å². The SMILES string of the molecule is CC(=O)N(c1ccccc1)c1nc(CSc2nnc(-c3ccc4c(c3)OCO4)o2)cs1. The lowest BCUT2D eigenvalue weighted by molar-refractivity contribution is -0.115. The van der Waals surface area contributed by atoms with Gasteiger partial charge < -0.3 is 13.9 Å². The highest BCUT2D eigenvalue weighted by Crippen LogP contribution is 2.36. The molecule has 0 aliphatic carbocycles. The van der Waals surface area contributed by atoms with Crippen LogP contribution in [0.2, 0.25) is 0 Å². The molecule has 1 aliphatic rings. The number of ether oxygens (including phenoxy) is 2. The number of aromatic nitrogens is 3. The minimum Gasteiger partial charge on any atom is -0.454 e. The summed E-state index contributed by atoms with van der Waals surface area (Å²) in [5.41, 5.74) is 2.38. The summed E-state index contributed by atoms with van der Waals surface area (Å²) in [4.78, 5) is 18.4. The number of thioether (sulfide) groups is 1. The molecule has 0 radical (unpaired) electrons. The highest BCUT2D eigenvalue weighted by Gasteiger charge is 2.19. The van der Waals surface area contributed by atoms with Crippen LogP contribution in [0, 0.1) is 0 Å². The molecule has 5 rings (SSSR count). The van der Waals surface area contributed by atoms with Crippen LogP contribution in [0.15, 0.2) is 63.6 Å². The second-order valence-electron chi connectivity index (χ2n) is 6.54. The maximum Gasteiger partial charge on any atom is 0.277 e. The van der Waals surface area contributed by atoms with Gasteiger partial charge in [-0.2, -0.15) is 0 Å². The van der Waals surface area contributed by atoms with Gasteiger partial charge in [-0.15, -0.1) is 21.5 Å². The lowest BCUT2D eigenvalue weighted by atomic mass is 10.2. The van der Waals surface area contributed by atoms with Crippen molar-refractivity contribution in [2.75, 3.05) is 11.7 Å². The number of nitrogens with zero attached hydrogens (tertiary/aromatic N) is 4. The number of carbonyl (C=O) groups is 1. The van der Waals surface area contributed by atoms with Crippen molar-refractivity contribution in [3.05, 3.63) is 59.6 Å². The molecule has 3 heterocycles. The van der Waals surface area contributed by atoms with Crippen LogP contribution in [0.4, 0.5) is 10.8 Å². The van der Waals surface area contributed by atoms with E-state index in [0.717, 1.165) is 16.9 Å². The Hall–Kier alpha value is -3.37. The molecule has 0 fully saturated rings. The largest absolute Gasteiger partial charge is 0.454 e. The Balaban J connectivity index is 1.27. The second-order valence-corrected chi connectivity index (χ2v) is 8.30. The minimum absolute atomic E-state index is 0.0926. The monoisotopic (exact) mass is 452 g/mol. The van der Waals surface area contributed by atoms with Crippen LogP contribution >= 0.6 is 23.1 Å². The predicted octanol–water partition coefficient (Wildman–Crippen LogP) is 4.90. The molecule has 1 amide bonds. The van der Waals surface area contributed by atoms with Gasteiger partial charge in [0.1, 0.15) is 0 Å². The average molecular weight is 453 g/mol. The third-order valence-electron chi connectivity index (χ3n) is 4.43. The molecule has 2 aromatic carbocycles. The van der Waals surface area contributed by atoms with E-state index in [4.69, 9.17) is 13.9 Å². The van der Waals surface area contributed by atoms with E-state index >= 15 is 0 Å². The molecule has 0 unspecified atom stereocenters. The first-order valence-corrected chi connectivity index (χ1v) is 11.2. The van der Waals surface area contributed by atoms with Crippen molar-refractivity contribution >= 4 is 39.8 Å². The van der Waals surface area contributed by atoms with Crippen LogP contribution in [0.3, 0.4) is 0 Å². The Bertz CT molecular complexity index is 1230. The summed E-state index contributed by atoms with van der Waals surface area (Å²) in [6, 6.07) is 14.9. The maximum absolute atomic E-state index is 12.2.